The minimum Gasteiger partial charge on any atom is -0.453 e. The molecule has 3 aromatic heterocycles. The maximum absolute atomic E-state index is 13.5. The van der Waals surface area contributed by atoms with Crippen LogP contribution in [0.1, 0.15) is 55.5 Å². The third-order valence-electron chi connectivity index (χ3n) is 6.79. The lowest BCUT2D eigenvalue weighted by Gasteiger charge is -2.21. The fourth-order valence-corrected chi connectivity index (χ4v) is 4.26. The van der Waals surface area contributed by atoms with E-state index in [1.54, 1.807) is 50.4 Å². The molecule has 0 spiro atoms. The van der Waals surface area contributed by atoms with Gasteiger partial charge in [-0.3, -0.25) is 29.3 Å². The molecule has 13 heteroatoms. The van der Waals surface area contributed by atoms with Gasteiger partial charge in [0.15, 0.2) is 0 Å². The van der Waals surface area contributed by atoms with Crippen molar-refractivity contribution in [1.29, 1.82) is 0 Å². The van der Waals surface area contributed by atoms with Crippen LogP contribution in [0.15, 0.2) is 64.1 Å². The highest BCUT2D eigenvalue weighted by Gasteiger charge is 2.35. The molecule has 0 aliphatic carbocycles. The minimum atomic E-state index is -1.04. The van der Waals surface area contributed by atoms with Crippen LogP contribution in [0, 0.1) is 12.8 Å². The van der Waals surface area contributed by atoms with E-state index in [2.05, 4.69) is 35.5 Å². The maximum Gasteiger partial charge on any atom is 0.411 e. The Hall–Kier alpha value is -5.20. The second-order valence-corrected chi connectivity index (χ2v) is 10.8. The number of anilines is 1. The summed E-state index contributed by atoms with van der Waals surface area (Å²) in [7, 11) is 1.16. The summed E-state index contributed by atoms with van der Waals surface area (Å²) in [5.41, 5.74) is 0.609. The van der Waals surface area contributed by atoms with Crippen LogP contribution in [-0.2, 0) is 21.5 Å². The van der Waals surface area contributed by atoms with Crippen molar-refractivity contribution in [2.24, 2.45) is 5.92 Å². The van der Waals surface area contributed by atoms with E-state index in [9.17, 15) is 19.2 Å². The monoisotopic (exact) mass is 587 g/mol. The second kappa shape index (κ2) is 12.8. The molecule has 224 valence electrons. The van der Waals surface area contributed by atoms with E-state index in [1.165, 1.54) is 6.20 Å². The van der Waals surface area contributed by atoms with Gasteiger partial charge in [-0.05, 0) is 38.3 Å². The number of ether oxygens (including phenoxy) is 1. The Morgan fingerprint density at radius 2 is 1.74 bits per heavy atom. The van der Waals surface area contributed by atoms with Gasteiger partial charge < -0.3 is 14.5 Å². The molecule has 2 N–H and O–H groups in total. The number of aromatic nitrogens is 5. The highest BCUT2D eigenvalue weighted by molar-refractivity contribution is 5.98. The first-order chi connectivity index (χ1) is 20.4. The largest absolute Gasteiger partial charge is 0.453 e. The Morgan fingerprint density at radius 3 is 2.37 bits per heavy atom. The van der Waals surface area contributed by atoms with Gasteiger partial charge in [0, 0.05) is 11.8 Å². The van der Waals surface area contributed by atoms with Gasteiger partial charge in [0.1, 0.15) is 18.1 Å². The lowest BCUT2D eigenvalue weighted by Crippen LogP contribution is -2.46. The lowest BCUT2D eigenvalue weighted by molar-refractivity contribution is -0.122. The Kier molecular flexibility index (Phi) is 9.12. The van der Waals surface area contributed by atoms with Gasteiger partial charge in [0.25, 0.3) is 11.4 Å². The van der Waals surface area contributed by atoms with Gasteiger partial charge in [0.05, 0.1) is 30.5 Å². The number of nitrogens with one attached hydrogen (secondary N) is 2. The van der Waals surface area contributed by atoms with Crippen LogP contribution in [0.4, 0.5) is 10.5 Å². The van der Waals surface area contributed by atoms with E-state index < -0.39 is 41.3 Å². The predicted octanol–water partition coefficient (Wildman–Crippen LogP) is 3.52. The molecule has 0 unspecified atom stereocenters. The standard InChI is InChI=1S/C30H33N7O6/c1-17(2)23(24(39)26-35-36-28(43-26)30(4,5)21-13-12-18(3)14-31-21)34-22(38)16-37-25(19-10-8-7-9-11-19)32-15-20(27(37)40)33-29(41)42-6/h7-15,17,23H,16H2,1-6H3,(H,33,41)(H,34,38)/t23-/m1/s1. The van der Waals surface area contributed by atoms with Crippen molar-refractivity contribution in [2.75, 3.05) is 12.4 Å². The Bertz CT molecular complexity index is 1680. The highest BCUT2D eigenvalue weighted by atomic mass is 16.5. The number of nitrogens with zero attached hydrogens (tertiary/aromatic N) is 5. The number of hydrogen-bond acceptors (Lipinski definition) is 10. The van der Waals surface area contributed by atoms with Crippen molar-refractivity contribution in [3.05, 3.63) is 88.3 Å². The normalized spacial score (nSPS) is 12.1. The molecule has 0 saturated heterocycles. The molecular weight excluding hydrogens is 554 g/mol. The second-order valence-electron chi connectivity index (χ2n) is 10.8. The van der Waals surface area contributed by atoms with Crippen molar-refractivity contribution in [3.8, 4) is 11.4 Å². The first-order valence-electron chi connectivity index (χ1n) is 13.5. The number of benzene rings is 1. The van der Waals surface area contributed by atoms with Crippen molar-refractivity contribution in [2.45, 2.75) is 52.6 Å². The molecule has 1 aromatic carbocycles. The number of rotatable bonds is 10. The molecule has 0 aliphatic rings. The first-order valence-corrected chi connectivity index (χ1v) is 13.5. The summed E-state index contributed by atoms with van der Waals surface area (Å²) >= 11 is 0. The quantitative estimate of drug-likeness (QED) is 0.262. The van der Waals surface area contributed by atoms with Crippen molar-refractivity contribution in [3.63, 3.8) is 0 Å². The minimum absolute atomic E-state index is 0.181. The van der Waals surface area contributed by atoms with Gasteiger partial charge in [-0.1, -0.05) is 50.2 Å². The molecule has 43 heavy (non-hydrogen) atoms. The van der Waals surface area contributed by atoms with Crippen LogP contribution in [0.5, 0.6) is 0 Å². The number of aryl methyl sites for hydroxylation is 1. The lowest BCUT2D eigenvalue weighted by atomic mass is 9.88. The summed E-state index contributed by atoms with van der Waals surface area (Å²) in [6, 6.07) is 11.5. The molecular formula is C30H33N7O6. The SMILES string of the molecule is COC(=O)Nc1cnc(-c2ccccc2)n(CC(=O)N[C@@H](C(=O)c2nnc(C(C)(C)c3ccc(C)cn3)o2)C(C)C)c1=O. The Labute approximate surface area is 247 Å². The van der Waals surface area contributed by atoms with Gasteiger partial charge >= 0.3 is 6.09 Å². The van der Waals surface area contributed by atoms with E-state index in [1.807, 2.05) is 32.9 Å². The summed E-state index contributed by atoms with van der Waals surface area (Å²) in [5, 5.41) is 13.1. The number of ketones is 1. The van der Waals surface area contributed by atoms with Crippen LogP contribution in [0.3, 0.4) is 0 Å². The topological polar surface area (TPSA) is 171 Å². The smallest absolute Gasteiger partial charge is 0.411 e. The molecule has 0 saturated carbocycles. The molecule has 1 atom stereocenters. The third-order valence-corrected chi connectivity index (χ3v) is 6.79. The average molecular weight is 588 g/mol. The summed E-state index contributed by atoms with van der Waals surface area (Å²) in [6.07, 6.45) is 2.06. The summed E-state index contributed by atoms with van der Waals surface area (Å²) in [5.74, 6) is -1.47. The molecule has 0 radical (unpaired) electrons. The van der Waals surface area contributed by atoms with Crippen LogP contribution < -0.4 is 16.2 Å². The number of hydrogen-bond donors (Lipinski definition) is 2. The molecule has 3 heterocycles. The molecule has 0 bridgehead atoms. The molecule has 2 amide bonds. The van der Waals surface area contributed by atoms with Crippen LogP contribution >= 0.6 is 0 Å². The van der Waals surface area contributed by atoms with E-state index in [0.29, 0.717) is 11.3 Å². The summed E-state index contributed by atoms with van der Waals surface area (Å²) < 4.78 is 11.5. The zero-order chi connectivity index (χ0) is 31.3. The van der Waals surface area contributed by atoms with Crippen LogP contribution in [0.25, 0.3) is 11.4 Å². The van der Waals surface area contributed by atoms with E-state index >= 15 is 0 Å². The number of carbonyl (C=O) groups excluding carboxylic acids is 3. The first kappa shape index (κ1) is 30.8. The molecule has 4 aromatic rings. The Balaban J connectivity index is 1.59. The van der Waals surface area contributed by atoms with E-state index in [0.717, 1.165) is 17.2 Å². The fraction of sp³-hybridized carbons (Fsp3) is 0.333. The van der Waals surface area contributed by atoms with Gasteiger partial charge in [-0.15, -0.1) is 10.2 Å². The van der Waals surface area contributed by atoms with Gasteiger partial charge in [-0.2, -0.15) is 0 Å². The molecule has 4 rings (SSSR count). The number of methoxy groups -OCH3 is 1. The fourth-order valence-electron chi connectivity index (χ4n) is 4.26. The summed E-state index contributed by atoms with van der Waals surface area (Å²) in [4.78, 5) is 60.7. The Morgan fingerprint density at radius 1 is 1.02 bits per heavy atom. The maximum atomic E-state index is 13.5. The van der Waals surface area contributed by atoms with Crippen molar-refractivity contribution in [1.82, 2.24) is 30.0 Å². The summed E-state index contributed by atoms with van der Waals surface area (Å²) in [6.45, 7) is 8.65. The number of carbonyl (C=O) groups is 3. The van der Waals surface area contributed by atoms with Crippen LogP contribution in [0.2, 0.25) is 0 Å². The zero-order valence-corrected chi connectivity index (χ0v) is 24.7. The predicted molar refractivity (Wildman–Crippen MR) is 156 cm³/mol. The average Bonchev–Trinajstić information content (AvgIpc) is 3.50. The molecule has 0 aliphatic heterocycles. The third kappa shape index (κ3) is 6.83. The number of pyridine rings is 1. The van der Waals surface area contributed by atoms with E-state index in [-0.39, 0.29) is 29.2 Å². The van der Waals surface area contributed by atoms with Gasteiger partial charge in [-0.25, -0.2) is 9.78 Å². The van der Waals surface area contributed by atoms with Crippen molar-refractivity contribution < 1.29 is 23.5 Å². The van der Waals surface area contributed by atoms with Gasteiger partial charge in [0.2, 0.25) is 17.6 Å². The highest BCUT2D eigenvalue weighted by Crippen LogP contribution is 2.29. The van der Waals surface area contributed by atoms with E-state index in [4.69, 9.17) is 4.42 Å². The number of Topliss-reactive ketones (excluding diaryl/α,β-unsaturated/α-hetero) is 1. The van der Waals surface area contributed by atoms with Crippen LogP contribution in [-0.4, -0.2) is 55.7 Å². The van der Waals surface area contributed by atoms with Crippen molar-refractivity contribution >= 4 is 23.5 Å². The number of amides is 2. The molecule has 0 fully saturated rings. The zero-order valence-electron chi connectivity index (χ0n) is 24.7. The molecule has 13 nitrogen and oxygen atoms in total.